The van der Waals surface area contributed by atoms with Crippen LogP contribution in [0.4, 0.5) is 5.13 Å². The SMILES string of the molecule is Cc1ccc2nc(NC(=O)CSc3ncccc3Cl)sc2c1. The molecule has 0 aliphatic carbocycles. The van der Waals surface area contributed by atoms with Crippen LogP contribution in [0.15, 0.2) is 41.6 Å². The predicted octanol–water partition coefficient (Wildman–Crippen LogP) is 4.38. The molecular formula is C15H12ClN3OS2. The molecule has 7 heteroatoms. The fourth-order valence-electron chi connectivity index (χ4n) is 1.85. The number of thioether (sulfide) groups is 1. The zero-order chi connectivity index (χ0) is 15.5. The number of aryl methyl sites for hydroxylation is 1. The van der Waals surface area contributed by atoms with Gasteiger partial charge in [0.25, 0.3) is 0 Å². The van der Waals surface area contributed by atoms with E-state index < -0.39 is 0 Å². The topological polar surface area (TPSA) is 54.9 Å². The standard InChI is InChI=1S/C15H12ClN3OS2/c1-9-4-5-11-12(7-9)22-15(18-11)19-13(20)8-21-14-10(16)3-2-6-17-14/h2-7H,8H2,1H3,(H,18,19,20). The zero-order valence-electron chi connectivity index (χ0n) is 11.7. The summed E-state index contributed by atoms with van der Waals surface area (Å²) in [5.74, 6) is 0.119. The molecule has 0 spiro atoms. The Hall–Kier alpha value is -1.63. The third-order valence-corrected chi connectivity index (χ3v) is 5.21. The molecule has 1 aromatic carbocycles. The van der Waals surface area contributed by atoms with E-state index in [1.54, 1.807) is 18.3 Å². The lowest BCUT2D eigenvalue weighted by molar-refractivity contribution is -0.113. The number of carbonyl (C=O) groups excluding carboxylic acids is 1. The summed E-state index contributed by atoms with van der Waals surface area (Å²) in [7, 11) is 0. The van der Waals surface area contributed by atoms with Crippen LogP contribution in [0.1, 0.15) is 5.56 Å². The first kappa shape index (κ1) is 15.3. The molecular weight excluding hydrogens is 338 g/mol. The van der Waals surface area contributed by atoms with Crippen LogP contribution >= 0.6 is 34.7 Å². The van der Waals surface area contributed by atoms with Crippen LogP contribution in [0.5, 0.6) is 0 Å². The van der Waals surface area contributed by atoms with E-state index in [1.807, 2.05) is 19.1 Å². The van der Waals surface area contributed by atoms with Crippen LogP contribution in [0.2, 0.25) is 5.02 Å². The highest BCUT2D eigenvalue weighted by Gasteiger charge is 2.10. The van der Waals surface area contributed by atoms with Gasteiger partial charge in [-0.25, -0.2) is 9.97 Å². The number of thiazole rings is 1. The molecule has 22 heavy (non-hydrogen) atoms. The third kappa shape index (κ3) is 3.58. The van der Waals surface area contributed by atoms with Crippen molar-refractivity contribution < 1.29 is 4.79 Å². The highest BCUT2D eigenvalue weighted by Crippen LogP contribution is 2.27. The first-order valence-corrected chi connectivity index (χ1v) is 8.70. The molecule has 0 aliphatic rings. The number of nitrogens with one attached hydrogen (secondary N) is 1. The number of fused-ring (bicyclic) bond motifs is 1. The number of nitrogens with zero attached hydrogens (tertiary/aromatic N) is 2. The van der Waals surface area contributed by atoms with Crippen LogP contribution in [-0.2, 0) is 4.79 Å². The summed E-state index contributed by atoms with van der Waals surface area (Å²) < 4.78 is 1.07. The molecule has 0 aliphatic heterocycles. The fraction of sp³-hybridized carbons (Fsp3) is 0.133. The quantitative estimate of drug-likeness (QED) is 0.710. The Morgan fingerprint density at radius 1 is 1.41 bits per heavy atom. The van der Waals surface area contributed by atoms with Gasteiger partial charge in [-0.3, -0.25) is 4.79 Å². The second-order valence-corrected chi connectivity index (χ2v) is 7.02. The Morgan fingerprint density at radius 3 is 3.09 bits per heavy atom. The van der Waals surface area contributed by atoms with Gasteiger partial charge in [0.15, 0.2) is 5.13 Å². The van der Waals surface area contributed by atoms with Crippen molar-refractivity contribution in [2.75, 3.05) is 11.1 Å². The highest BCUT2D eigenvalue weighted by molar-refractivity contribution is 8.00. The van der Waals surface area contributed by atoms with E-state index in [0.717, 1.165) is 10.2 Å². The summed E-state index contributed by atoms with van der Waals surface area (Å²) in [5.41, 5.74) is 2.07. The molecule has 0 radical (unpaired) electrons. The molecule has 3 aromatic rings. The molecule has 0 fully saturated rings. The van der Waals surface area contributed by atoms with Gasteiger partial charge in [-0.05, 0) is 36.8 Å². The number of anilines is 1. The van der Waals surface area contributed by atoms with Gasteiger partial charge < -0.3 is 5.32 Å². The Kier molecular flexibility index (Phi) is 4.61. The van der Waals surface area contributed by atoms with Gasteiger partial charge in [0.2, 0.25) is 5.91 Å². The Labute approximate surface area is 140 Å². The van der Waals surface area contributed by atoms with Crippen LogP contribution in [-0.4, -0.2) is 21.6 Å². The van der Waals surface area contributed by atoms with E-state index in [2.05, 4.69) is 21.4 Å². The molecule has 1 N–H and O–H groups in total. The van der Waals surface area contributed by atoms with Gasteiger partial charge in [0, 0.05) is 6.20 Å². The minimum atomic E-state index is -0.123. The fourth-order valence-corrected chi connectivity index (χ4v) is 3.80. The van der Waals surface area contributed by atoms with Crippen molar-refractivity contribution in [2.45, 2.75) is 11.9 Å². The van der Waals surface area contributed by atoms with E-state index in [0.29, 0.717) is 15.2 Å². The predicted molar refractivity (Wildman–Crippen MR) is 93.0 cm³/mol. The van der Waals surface area contributed by atoms with Gasteiger partial charge in [0.05, 0.1) is 21.0 Å². The Morgan fingerprint density at radius 2 is 2.27 bits per heavy atom. The number of pyridine rings is 1. The van der Waals surface area contributed by atoms with Gasteiger partial charge in [-0.2, -0.15) is 0 Å². The Balaban J connectivity index is 1.64. The summed E-state index contributed by atoms with van der Waals surface area (Å²) in [6, 6.07) is 9.54. The molecule has 1 amide bonds. The van der Waals surface area contributed by atoms with Crippen molar-refractivity contribution in [2.24, 2.45) is 0 Å². The van der Waals surface area contributed by atoms with Gasteiger partial charge in [-0.1, -0.05) is 40.8 Å². The molecule has 0 saturated carbocycles. The average Bonchev–Trinajstić information content (AvgIpc) is 2.87. The van der Waals surface area contributed by atoms with Crippen LogP contribution in [0.3, 0.4) is 0 Å². The molecule has 0 bridgehead atoms. The number of hydrogen-bond acceptors (Lipinski definition) is 5. The summed E-state index contributed by atoms with van der Waals surface area (Å²) in [6.07, 6.45) is 1.65. The first-order chi connectivity index (χ1) is 10.6. The van der Waals surface area contributed by atoms with Gasteiger partial charge in [-0.15, -0.1) is 0 Å². The molecule has 2 heterocycles. The van der Waals surface area contributed by atoms with Crippen LogP contribution in [0, 0.1) is 6.92 Å². The van der Waals surface area contributed by atoms with E-state index in [9.17, 15) is 4.79 Å². The molecule has 0 atom stereocenters. The summed E-state index contributed by atoms with van der Waals surface area (Å²) in [5, 5.41) is 4.63. The smallest absolute Gasteiger partial charge is 0.236 e. The minimum absolute atomic E-state index is 0.123. The van der Waals surface area contributed by atoms with Crippen molar-refractivity contribution in [3.05, 3.63) is 47.1 Å². The summed E-state index contributed by atoms with van der Waals surface area (Å²) in [6.45, 7) is 2.03. The maximum atomic E-state index is 12.0. The molecule has 0 saturated heterocycles. The molecule has 2 aromatic heterocycles. The largest absolute Gasteiger partial charge is 0.301 e. The molecule has 0 unspecified atom stereocenters. The van der Waals surface area contributed by atoms with E-state index >= 15 is 0 Å². The van der Waals surface area contributed by atoms with Crippen LogP contribution < -0.4 is 5.32 Å². The number of amides is 1. The lowest BCUT2D eigenvalue weighted by atomic mass is 10.2. The van der Waals surface area contributed by atoms with Gasteiger partial charge >= 0.3 is 0 Å². The van der Waals surface area contributed by atoms with E-state index in [-0.39, 0.29) is 11.7 Å². The lowest BCUT2D eigenvalue weighted by Gasteiger charge is -2.02. The normalized spacial score (nSPS) is 10.8. The molecule has 112 valence electrons. The number of halogens is 1. The van der Waals surface area contributed by atoms with Gasteiger partial charge in [0.1, 0.15) is 5.03 Å². The average molecular weight is 350 g/mol. The second kappa shape index (κ2) is 6.64. The summed E-state index contributed by atoms with van der Waals surface area (Å²) in [4.78, 5) is 20.5. The van der Waals surface area contributed by atoms with Crippen molar-refractivity contribution >= 4 is 56.0 Å². The lowest BCUT2D eigenvalue weighted by Crippen LogP contribution is -2.13. The first-order valence-electron chi connectivity index (χ1n) is 6.52. The third-order valence-electron chi connectivity index (χ3n) is 2.85. The zero-order valence-corrected chi connectivity index (χ0v) is 14.1. The van der Waals surface area contributed by atoms with Crippen molar-refractivity contribution in [3.63, 3.8) is 0 Å². The van der Waals surface area contributed by atoms with Crippen LogP contribution in [0.25, 0.3) is 10.2 Å². The number of aromatic nitrogens is 2. The highest BCUT2D eigenvalue weighted by atomic mass is 35.5. The minimum Gasteiger partial charge on any atom is -0.301 e. The van der Waals surface area contributed by atoms with Crippen molar-refractivity contribution in [3.8, 4) is 0 Å². The molecule has 3 rings (SSSR count). The monoisotopic (exact) mass is 349 g/mol. The maximum absolute atomic E-state index is 12.0. The van der Waals surface area contributed by atoms with Crippen molar-refractivity contribution in [1.29, 1.82) is 0 Å². The van der Waals surface area contributed by atoms with E-state index in [4.69, 9.17) is 11.6 Å². The number of benzene rings is 1. The van der Waals surface area contributed by atoms with E-state index in [1.165, 1.54) is 28.7 Å². The maximum Gasteiger partial charge on any atom is 0.236 e. The second-order valence-electron chi connectivity index (χ2n) is 4.62. The number of rotatable bonds is 4. The number of carbonyl (C=O) groups is 1. The summed E-state index contributed by atoms with van der Waals surface area (Å²) >= 11 is 8.79. The van der Waals surface area contributed by atoms with Crippen molar-refractivity contribution in [1.82, 2.24) is 9.97 Å². The number of hydrogen-bond donors (Lipinski definition) is 1. The molecule has 4 nitrogen and oxygen atoms in total. The Bertz CT molecular complexity index is 835.